The monoisotopic (exact) mass is 248 g/mol. The Labute approximate surface area is 112 Å². The molecule has 0 spiro atoms. The number of hydrogen-bond donors (Lipinski definition) is 1. The fourth-order valence-electron chi connectivity index (χ4n) is 2.12. The van der Waals surface area contributed by atoms with E-state index in [2.05, 4.69) is 68.4 Å². The van der Waals surface area contributed by atoms with Gasteiger partial charge in [-0.15, -0.1) is 0 Å². The normalized spacial score (nSPS) is 13.2. The van der Waals surface area contributed by atoms with Gasteiger partial charge in [0, 0.05) is 25.2 Å². The van der Waals surface area contributed by atoms with Crippen LogP contribution in [-0.2, 0) is 6.42 Å². The molecule has 0 aliphatic heterocycles. The molecule has 0 aliphatic carbocycles. The van der Waals surface area contributed by atoms with Crippen molar-refractivity contribution in [3.63, 3.8) is 0 Å². The van der Waals surface area contributed by atoms with E-state index < -0.39 is 0 Å². The van der Waals surface area contributed by atoms with E-state index in [1.807, 2.05) is 0 Å². The summed E-state index contributed by atoms with van der Waals surface area (Å²) in [5.74, 6) is 0. The summed E-state index contributed by atoms with van der Waals surface area (Å²) in [7, 11) is 2.24. The summed E-state index contributed by atoms with van der Waals surface area (Å²) in [6.07, 6.45) is 2.33. The quantitative estimate of drug-likeness (QED) is 0.761. The van der Waals surface area contributed by atoms with Crippen molar-refractivity contribution >= 4 is 0 Å². The summed E-state index contributed by atoms with van der Waals surface area (Å²) in [6.45, 7) is 8.89. The first-order valence-corrected chi connectivity index (χ1v) is 7.11. The molecule has 0 bridgehead atoms. The van der Waals surface area contributed by atoms with Gasteiger partial charge in [0.2, 0.25) is 0 Å². The van der Waals surface area contributed by atoms with Gasteiger partial charge in [-0.1, -0.05) is 51.1 Å². The summed E-state index contributed by atoms with van der Waals surface area (Å²) < 4.78 is 0. The standard InChI is InChI=1S/C16H28N2/c1-5-16(13-17-14(2)3)18(4)12-11-15-9-7-6-8-10-15/h6-10,14,16-17H,5,11-13H2,1-4H3. The van der Waals surface area contributed by atoms with Crippen LogP contribution >= 0.6 is 0 Å². The van der Waals surface area contributed by atoms with Crippen LogP contribution in [0, 0.1) is 0 Å². The Bertz CT molecular complexity index is 308. The zero-order valence-electron chi connectivity index (χ0n) is 12.3. The van der Waals surface area contributed by atoms with Gasteiger partial charge in [0.05, 0.1) is 0 Å². The Hall–Kier alpha value is -0.860. The van der Waals surface area contributed by atoms with Gasteiger partial charge < -0.3 is 10.2 Å². The van der Waals surface area contributed by atoms with E-state index >= 15 is 0 Å². The third-order valence-corrected chi connectivity index (χ3v) is 3.45. The third kappa shape index (κ3) is 5.65. The van der Waals surface area contributed by atoms with Crippen LogP contribution in [0.15, 0.2) is 30.3 Å². The Morgan fingerprint density at radius 1 is 1.17 bits per heavy atom. The molecule has 0 saturated heterocycles. The highest BCUT2D eigenvalue weighted by Gasteiger charge is 2.12. The molecule has 0 radical (unpaired) electrons. The summed E-state index contributed by atoms with van der Waals surface area (Å²) in [6, 6.07) is 11.9. The van der Waals surface area contributed by atoms with Crippen molar-refractivity contribution in [1.29, 1.82) is 0 Å². The topological polar surface area (TPSA) is 15.3 Å². The summed E-state index contributed by atoms with van der Waals surface area (Å²) in [4.78, 5) is 2.47. The second kappa shape index (κ2) is 8.28. The maximum Gasteiger partial charge on any atom is 0.0215 e. The first-order chi connectivity index (χ1) is 8.63. The molecule has 0 amide bonds. The van der Waals surface area contributed by atoms with Crippen LogP contribution in [0.2, 0.25) is 0 Å². The van der Waals surface area contributed by atoms with Crippen LogP contribution < -0.4 is 5.32 Å². The highest BCUT2D eigenvalue weighted by molar-refractivity contribution is 5.14. The molecule has 18 heavy (non-hydrogen) atoms. The highest BCUT2D eigenvalue weighted by atomic mass is 15.1. The minimum atomic E-state index is 0.571. The van der Waals surface area contributed by atoms with Crippen molar-refractivity contribution in [1.82, 2.24) is 10.2 Å². The van der Waals surface area contributed by atoms with Crippen LogP contribution in [0.5, 0.6) is 0 Å². The van der Waals surface area contributed by atoms with Gasteiger partial charge in [-0.3, -0.25) is 0 Å². The van der Waals surface area contributed by atoms with Crippen molar-refractivity contribution in [2.24, 2.45) is 0 Å². The van der Waals surface area contributed by atoms with Crippen LogP contribution in [0.3, 0.4) is 0 Å². The first-order valence-electron chi connectivity index (χ1n) is 7.11. The predicted molar refractivity (Wildman–Crippen MR) is 80.0 cm³/mol. The Morgan fingerprint density at radius 2 is 1.83 bits per heavy atom. The minimum Gasteiger partial charge on any atom is -0.313 e. The second-order valence-electron chi connectivity index (χ2n) is 5.34. The lowest BCUT2D eigenvalue weighted by Crippen LogP contribution is -2.42. The second-order valence-corrected chi connectivity index (χ2v) is 5.34. The maximum atomic E-state index is 3.53. The average Bonchev–Trinajstić information content (AvgIpc) is 2.38. The summed E-state index contributed by atoms with van der Waals surface area (Å²) in [5, 5.41) is 3.53. The minimum absolute atomic E-state index is 0.571. The molecule has 1 atom stereocenters. The van der Waals surface area contributed by atoms with Gasteiger partial charge in [-0.25, -0.2) is 0 Å². The Morgan fingerprint density at radius 3 is 2.39 bits per heavy atom. The van der Waals surface area contributed by atoms with Crippen molar-refractivity contribution in [3.05, 3.63) is 35.9 Å². The molecule has 1 N–H and O–H groups in total. The number of nitrogens with zero attached hydrogens (tertiary/aromatic N) is 1. The molecule has 0 aliphatic rings. The van der Waals surface area contributed by atoms with Crippen LogP contribution in [0.25, 0.3) is 0 Å². The van der Waals surface area contributed by atoms with Gasteiger partial charge >= 0.3 is 0 Å². The maximum absolute atomic E-state index is 3.53. The van der Waals surface area contributed by atoms with Crippen molar-refractivity contribution in [2.45, 2.75) is 45.7 Å². The summed E-state index contributed by atoms with van der Waals surface area (Å²) >= 11 is 0. The molecule has 0 fully saturated rings. The van der Waals surface area contributed by atoms with E-state index in [0.29, 0.717) is 12.1 Å². The van der Waals surface area contributed by atoms with Gasteiger partial charge in [0.1, 0.15) is 0 Å². The molecular formula is C16H28N2. The SMILES string of the molecule is CCC(CNC(C)C)N(C)CCc1ccccc1. The van der Waals surface area contributed by atoms with E-state index in [4.69, 9.17) is 0 Å². The fraction of sp³-hybridized carbons (Fsp3) is 0.625. The smallest absolute Gasteiger partial charge is 0.0215 e. The number of benzene rings is 1. The average molecular weight is 248 g/mol. The Balaban J connectivity index is 2.35. The van der Waals surface area contributed by atoms with Gasteiger partial charge in [-0.05, 0) is 25.5 Å². The summed E-state index contributed by atoms with van der Waals surface area (Å²) in [5.41, 5.74) is 1.43. The highest BCUT2D eigenvalue weighted by Crippen LogP contribution is 2.05. The zero-order valence-corrected chi connectivity index (χ0v) is 12.3. The van der Waals surface area contributed by atoms with E-state index in [0.717, 1.165) is 19.5 Å². The van der Waals surface area contributed by atoms with E-state index in [9.17, 15) is 0 Å². The largest absolute Gasteiger partial charge is 0.313 e. The molecule has 1 unspecified atom stereocenters. The lowest BCUT2D eigenvalue weighted by Gasteiger charge is -2.28. The fourth-order valence-corrected chi connectivity index (χ4v) is 2.12. The molecule has 2 heteroatoms. The third-order valence-electron chi connectivity index (χ3n) is 3.45. The van der Waals surface area contributed by atoms with Crippen molar-refractivity contribution < 1.29 is 0 Å². The molecule has 1 aromatic rings. The number of nitrogens with one attached hydrogen (secondary N) is 1. The molecule has 0 saturated carbocycles. The number of likely N-dealkylation sites (N-methyl/N-ethyl adjacent to an activating group) is 1. The molecule has 0 heterocycles. The van der Waals surface area contributed by atoms with Crippen LogP contribution in [0.4, 0.5) is 0 Å². The zero-order chi connectivity index (χ0) is 13.4. The van der Waals surface area contributed by atoms with E-state index in [-0.39, 0.29) is 0 Å². The van der Waals surface area contributed by atoms with Crippen LogP contribution in [0.1, 0.15) is 32.8 Å². The lowest BCUT2D eigenvalue weighted by molar-refractivity contribution is 0.228. The molecule has 1 rings (SSSR count). The van der Waals surface area contributed by atoms with Crippen molar-refractivity contribution in [3.8, 4) is 0 Å². The molecule has 102 valence electrons. The van der Waals surface area contributed by atoms with E-state index in [1.54, 1.807) is 0 Å². The van der Waals surface area contributed by atoms with Crippen molar-refractivity contribution in [2.75, 3.05) is 20.1 Å². The van der Waals surface area contributed by atoms with Gasteiger partial charge in [-0.2, -0.15) is 0 Å². The lowest BCUT2D eigenvalue weighted by atomic mass is 10.1. The van der Waals surface area contributed by atoms with E-state index in [1.165, 1.54) is 12.0 Å². The first kappa shape index (κ1) is 15.2. The molecule has 0 aromatic heterocycles. The molecule has 2 nitrogen and oxygen atoms in total. The number of rotatable bonds is 8. The molecule has 1 aromatic carbocycles. The van der Waals surface area contributed by atoms with Crippen LogP contribution in [-0.4, -0.2) is 37.1 Å². The Kier molecular flexibility index (Phi) is 6.99. The van der Waals surface area contributed by atoms with Gasteiger partial charge in [0.25, 0.3) is 0 Å². The predicted octanol–water partition coefficient (Wildman–Crippen LogP) is 2.94. The number of hydrogen-bond acceptors (Lipinski definition) is 2. The molecular weight excluding hydrogens is 220 g/mol. The van der Waals surface area contributed by atoms with Gasteiger partial charge in [0.15, 0.2) is 0 Å².